The predicted octanol–water partition coefficient (Wildman–Crippen LogP) is 0.418. The molecule has 1 aromatic rings. The summed E-state index contributed by atoms with van der Waals surface area (Å²) in [6, 6.07) is 1.76. The molecule has 0 saturated carbocycles. The molecule has 0 aromatic carbocycles. The van der Waals surface area contributed by atoms with Crippen LogP contribution in [-0.2, 0) is 11.3 Å². The molecule has 1 atom stereocenters. The number of furan rings is 1. The molecular formula is C8H13NO3. The minimum absolute atomic E-state index is 0.157. The first kappa shape index (κ1) is 9.25. The van der Waals surface area contributed by atoms with Crippen molar-refractivity contribution >= 4 is 0 Å². The summed E-state index contributed by atoms with van der Waals surface area (Å²) in [5.74, 6) is 0.499. The number of aliphatic hydroxyl groups excluding tert-OH is 1. The van der Waals surface area contributed by atoms with E-state index in [0.717, 1.165) is 5.56 Å². The Hall–Kier alpha value is -0.840. The van der Waals surface area contributed by atoms with E-state index >= 15 is 0 Å². The van der Waals surface area contributed by atoms with Crippen LogP contribution in [0.1, 0.15) is 17.4 Å². The Balaban J connectivity index is 2.76. The standard InChI is InChI=1S/C8H13NO3/c1-11-5-6-2-3-12-8(6)7(10)4-9/h2-3,7,10H,4-5,9H2,1H3/t7-/m1/s1. The van der Waals surface area contributed by atoms with E-state index in [2.05, 4.69) is 0 Å². The number of rotatable bonds is 4. The van der Waals surface area contributed by atoms with Gasteiger partial charge in [0.1, 0.15) is 11.9 Å². The quantitative estimate of drug-likeness (QED) is 0.688. The molecule has 0 fully saturated rings. The minimum Gasteiger partial charge on any atom is -0.466 e. The topological polar surface area (TPSA) is 68.6 Å². The van der Waals surface area contributed by atoms with Gasteiger partial charge in [-0.05, 0) is 6.07 Å². The number of methoxy groups -OCH3 is 1. The lowest BCUT2D eigenvalue weighted by atomic mass is 10.2. The van der Waals surface area contributed by atoms with Gasteiger partial charge in [-0.15, -0.1) is 0 Å². The van der Waals surface area contributed by atoms with Crippen LogP contribution in [-0.4, -0.2) is 18.8 Å². The van der Waals surface area contributed by atoms with E-state index in [1.54, 1.807) is 13.2 Å². The first-order chi connectivity index (χ1) is 5.79. The second-order valence-electron chi connectivity index (χ2n) is 2.49. The fourth-order valence-corrected chi connectivity index (χ4v) is 1.02. The third-order valence-electron chi connectivity index (χ3n) is 1.61. The molecule has 68 valence electrons. The van der Waals surface area contributed by atoms with Gasteiger partial charge in [0.2, 0.25) is 0 Å². The van der Waals surface area contributed by atoms with Crippen LogP contribution < -0.4 is 5.73 Å². The number of ether oxygens (including phenoxy) is 1. The maximum atomic E-state index is 9.35. The summed E-state index contributed by atoms with van der Waals surface area (Å²) >= 11 is 0. The van der Waals surface area contributed by atoms with Crippen LogP contribution in [0.2, 0.25) is 0 Å². The van der Waals surface area contributed by atoms with Gasteiger partial charge in [0.15, 0.2) is 0 Å². The van der Waals surface area contributed by atoms with Crippen molar-refractivity contribution in [3.63, 3.8) is 0 Å². The van der Waals surface area contributed by atoms with Gasteiger partial charge in [-0.2, -0.15) is 0 Å². The molecule has 12 heavy (non-hydrogen) atoms. The van der Waals surface area contributed by atoms with Crippen molar-refractivity contribution in [1.82, 2.24) is 0 Å². The highest BCUT2D eigenvalue weighted by atomic mass is 16.5. The van der Waals surface area contributed by atoms with Crippen LogP contribution in [0.15, 0.2) is 16.7 Å². The minimum atomic E-state index is -0.731. The van der Waals surface area contributed by atoms with E-state index < -0.39 is 6.10 Å². The van der Waals surface area contributed by atoms with E-state index in [4.69, 9.17) is 14.9 Å². The molecule has 0 saturated heterocycles. The highest BCUT2D eigenvalue weighted by Crippen LogP contribution is 2.18. The summed E-state index contributed by atoms with van der Waals surface area (Å²) in [5.41, 5.74) is 6.12. The summed E-state index contributed by atoms with van der Waals surface area (Å²) < 4.78 is 9.97. The van der Waals surface area contributed by atoms with Crippen molar-refractivity contribution in [2.75, 3.05) is 13.7 Å². The molecule has 0 amide bonds. The smallest absolute Gasteiger partial charge is 0.139 e. The van der Waals surface area contributed by atoms with Crippen LogP contribution in [0.4, 0.5) is 0 Å². The average molecular weight is 171 g/mol. The second kappa shape index (κ2) is 4.25. The second-order valence-corrected chi connectivity index (χ2v) is 2.49. The Labute approximate surface area is 70.9 Å². The van der Waals surface area contributed by atoms with Gasteiger partial charge in [0.05, 0.1) is 12.9 Å². The monoisotopic (exact) mass is 171 g/mol. The molecule has 0 bridgehead atoms. The maximum Gasteiger partial charge on any atom is 0.139 e. The van der Waals surface area contributed by atoms with Gasteiger partial charge < -0.3 is 20.0 Å². The van der Waals surface area contributed by atoms with Gasteiger partial charge in [-0.1, -0.05) is 0 Å². The van der Waals surface area contributed by atoms with Crippen molar-refractivity contribution in [2.45, 2.75) is 12.7 Å². The Morgan fingerprint density at radius 1 is 1.75 bits per heavy atom. The van der Waals surface area contributed by atoms with E-state index in [-0.39, 0.29) is 6.54 Å². The largest absolute Gasteiger partial charge is 0.466 e. The molecule has 0 aliphatic heterocycles. The molecule has 4 nitrogen and oxygen atoms in total. The number of hydrogen-bond donors (Lipinski definition) is 2. The molecule has 1 rings (SSSR count). The molecule has 0 unspecified atom stereocenters. The third-order valence-corrected chi connectivity index (χ3v) is 1.61. The highest BCUT2D eigenvalue weighted by Gasteiger charge is 2.13. The SMILES string of the molecule is COCc1ccoc1[C@H](O)CN. The van der Waals surface area contributed by atoms with E-state index in [0.29, 0.717) is 12.4 Å². The molecule has 3 N–H and O–H groups in total. The molecule has 1 aromatic heterocycles. The summed E-state index contributed by atoms with van der Waals surface area (Å²) in [6.45, 7) is 0.590. The van der Waals surface area contributed by atoms with E-state index in [1.807, 2.05) is 0 Å². The van der Waals surface area contributed by atoms with Crippen molar-refractivity contribution in [3.05, 3.63) is 23.7 Å². The molecule has 0 aliphatic rings. The summed E-state index contributed by atoms with van der Waals surface area (Å²) in [7, 11) is 1.59. The van der Waals surface area contributed by atoms with E-state index in [9.17, 15) is 5.11 Å². The van der Waals surface area contributed by atoms with Gasteiger partial charge in [-0.3, -0.25) is 0 Å². The molecule has 0 spiro atoms. The summed E-state index contributed by atoms with van der Waals surface area (Å²) in [5, 5.41) is 9.35. The fraction of sp³-hybridized carbons (Fsp3) is 0.500. The van der Waals surface area contributed by atoms with Gasteiger partial charge in [-0.25, -0.2) is 0 Å². The van der Waals surface area contributed by atoms with Crippen molar-refractivity contribution in [1.29, 1.82) is 0 Å². The Bertz CT molecular complexity index is 234. The summed E-state index contributed by atoms with van der Waals surface area (Å²) in [6.07, 6.45) is 0.785. The lowest BCUT2D eigenvalue weighted by molar-refractivity contribution is 0.145. The molecule has 0 aliphatic carbocycles. The number of hydrogen-bond acceptors (Lipinski definition) is 4. The molecule has 0 radical (unpaired) electrons. The van der Waals surface area contributed by atoms with Gasteiger partial charge in [0.25, 0.3) is 0 Å². The average Bonchev–Trinajstić information content (AvgIpc) is 2.52. The van der Waals surface area contributed by atoms with E-state index in [1.165, 1.54) is 6.26 Å². The zero-order valence-electron chi connectivity index (χ0n) is 6.99. The van der Waals surface area contributed by atoms with Crippen molar-refractivity contribution < 1.29 is 14.3 Å². The number of nitrogens with two attached hydrogens (primary N) is 1. The van der Waals surface area contributed by atoms with Crippen LogP contribution >= 0.6 is 0 Å². The van der Waals surface area contributed by atoms with Crippen LogP contribution in [0.25, 0.3) is 0 Å². The lowest BCUT2D eigenvalue weighted by Gasteiger charge is -2.06. The zero-order chi connectivity index (χ0) is 8.97. The van der Waals surface area contributed by atoms with Crippen molar-refractivity contribution in [3.8, 4) is 0 Å². The first-order valence-electron chi connectivity index (χ1n) is 3.73. The molecule has 4 heteroatoms. The van der Waals surface area contributed by atoms with Crippen LogP contribution in [0, 0.1) is 0 Å². The zero-order valence-corrected chi connectivity index (χ0v) is 6.99. The fourth-order valence-electron chi connectivity index (χ4n) is 1.02. The third kappa shape index (κ3) is 1.85. The summed E-state index contributed by atoms with van der Waals surface area (Å²) in [4.78, 5) is 0. The lowest BCUT2D eigenvalue weighted by Crippen LogP contribution is -2.12. The number of aliphatic hydroxyl groups is 1. The molecule has 1 heterocycles. The maximum absolute atomic E-state index is 9.35. The Kier molecular flexibility index (Phi) is 3.28. The highest BCUT2D eigenvalue weighted by molar-refractivity contribution is 5.18. The van der Waals surface area contributed by atoms with Gasteiger partial charge in [0, 0.05) is 19.2 Å². The molecular weight excluding hydrogens is 158 g/mol. The normalized spacial score (nSPS) is 13.2. The van der Waals surface area contributed by atoms with Crippen LogP contribution in [0.5, 0.6) is 0 Å². The van der Waals surface area contributed by atoms with Gasteiger partial charge >= 0.3 is 0 Å². The Morgan fingerprint density at radius 2 is 2.50 bits per heavy atom. The first-order valence-corrected chi connectivity index (χ1v) is 3.73. The predicted molar refractivity (Wildman–Crippen MR) is 43.4 cm³/mol. The van der Waals surface area contributed by atoms with Crippen molar-refractivity contribution in [2.24, 2.45) is 5.73 Å². The van der Waals surface area contributed by atoms with Crippen LogP contribution in [0.3, 0.4) is 0 Å². The Morgan fingerprint density at radius 3 is 3.08 bits per heavy atom.